The van der Waals surface area contributed by atoms with Gasteiger partial charge in [0.2, 0.25) is 5.91 Å². The Balaban J connectivity index is 1.55. The summed E-state index contributed by atoms with van der Waals surface area (Å²) in [5.41, 5.74) is 0. The third-order valence-electron chi connectivity index (χ3n) is 5.92. The van der Waals surface area contributed by atoms with Gasteiger partial charge in [0.25, 0.3) is 0 Å². The molecule has 3 rings (SSSR count). The van der Waals surface area contributed by atoms with Crippen LogP contribution in [-0.2, 0) is 14.3 Å². The quantitative estimate of drug-likeness (QED) is 0.735. The largest absolute Gasteiger partial charge is 0.469 e. The van der Waals surface area contributed by atoms with E-state index < -0.39 is 0 Å². The minimum atomic E-state index is -0.165. The standard InChI is InChI=1S/C17H27NO3/c1-21-17(20)15-8-9-18(11-15)16(19)14-7-6-12-4-2-3-5-13(12)10-14/h12-15H,2-11H2,1H3. The van der Waals surface area contributed by atoms with E-state index in [1.807, 2.05) is 4.90 Å². The maximum Gasteiger partial charge on any atom is 0.310 e. The summed E-state index contributed by atoms with van der Waals surface area (Å²) < 4.78 is 4.80. The van der Waals surface area contributed by atoms with Crippen molar-refractivity contribution in [2.75, 3.05) is 20.2 Å². The van der Waals surface area contributed by atoms with Gasteiger partial charge in [-0.25, -0.2) is 0 Å². The summed E-state index contributed by atoms with van der Waals surface area (Å²) in [7, 11) is 1.43. The van der Waals surface area contributed by atoms with Gasteiger partial charge in [0.15, 0.2) is 0 Å². The fraction of sp³-hybridized carbons (Fsp3) is 0.882. The van der Waals surface area contributed by atoms with Gasteiger partial charge < -0.3 is 9.64 Å². The molecule has 118 valence electrons. The molecule has 3 fully saturated rings. The Morgan fingerprint density at radius 3 is 2.48 bits per heavy atom. The SMILES string of the molecule is COC(=O)C1CCN(C(=O)C2CCC3CCCCC3C2)C1. The molecule has 1 amide bonds. The number of esters is 1. The Morgan fingerprint density at radius 1 is 0.952 bits per heavy atom. The van der Waals surface area contributed by atoms with Crippen LogP contribution in [0, 0.1) is 23.7 Å². The summed E-state index contributed by atoms with van der Waals surface area (Å²) in [6.45, 7) is 1.29. The summed E-state index contributed by atoms with van der Waals surface area (Å²) in [4.78, 5) is 26.2. The first-order chi connectivity index (χ1) is 10.2. The molecule has 3 aliphatic rings. The number of nitrogens with zero attached hydrogens (tertiary/aromatic N) is 1. The van der Waals surface area contributed by atoms with Crippen molar-refractivity contribution in [3.8, 4) is 0 Å². The van der Waals surface area contributed by atoms with Gasteiger partial charge in [-0.15, -0.1) is 0 Å². The van der Waals surface area contributed by atoms with E-state index in [1.54, 1.807) is 0 Å². The van der Waals surface area contributed by atoms with Gasteiger partial charge in [-0.1, -0.05) is 25.7 Å². The third-order valence-corrected chi connectivity index (χ3v) is 5.92. The van der Waals surface area contributed by atoms with Crippen molar-refractivity contribution in [3.05, 3.63) is 0 Å². The van der Waals surface area contributed by atoms with E-state index in [2.05, 4.69) is 0 Å². The highest BCUT2D eigenvalue weighted by atomic mass is 16.5. The van der Waals surface area contributed by atoms with Gasteiger partial charge in [0.1, 0.15) is 0 Å². The van der Waals surface area contributed by atoms with Crippen molar-refractivity contribution in [1.82, 2.24) is 4.90 Å². The molecule has 4 unspecified atom stereocenters. The lowest BCUT2D eigenvalue weighted by molar-refractivity contribution is -0.145. The Morgan fingerprint density at radius 2 is 1.71 bits per heavy atom. The van der Waals surface area contributed by atoms with E-state index in [1.165, 1.54) is 39.2 Å². The summed E-state index contributed by atoms with van der Waals surface area (Å²) in [6, 6.07) is 0. The van der Waals surface area contributed by atoms with Crippen LogP contribution in [0.15, 0.2) is 0 Å². The van der Waals surface area contributed by atoms with Gasteiger partial charge in [-0.05, 0) is 37.5 Å². The lowest BCUT2D eigenvalue weighted by Gasteiger charge is -2.39. The molecule has 4 atom stereocenters. The Kier molecular flexibility index (Phi) is 4.51. The van der Waals surface area contributed by atoms with Crippen LogP contribution in [0.25, 0.3) is 0 Å². The zero-order valence-corrected chi connectivity index (χ0v) is 13.1. The van der Waals surface area contributed by atoms with Gasteiger partial charge in [0.05, 0.1) is 13.0 Å². The molecule has 1 aliphatic heterocycles. The maximum atomic E-state index is 12.7. The van der Waals surface area contributed by atoms with Crippen LogP contribution >= 0.6 is 0 Å². The topological polar surface area (TPSA) is 46.6 Å². The number of fused-ring (bicyclic) bond motifs is 1. The molecule has 0 aromatic heterocycles. The Bertz CT molecular complexity index is 409. The second kappa shape index (κ2) is 6.37. The van der Waals surface area contributed by atoms with Gasteiger partial charge in [0, 0.05) is 19.0 Å². The predicted octanol–water partition coefficient (Wildman–Crippen LogP) is 2.61. The number of carbonyl (C=O) groups excluding carboxylic acids is 2. The van der Waals surface area contributed by atoms with Crippen molar-refractivity contribution < 1.29 is 14.3 Å². The average molecular weight is 293 g/mol. The molecule has 0 bridgehead atoms. The minimum Gasteiger partial charge on any atom is -0.469 e. The number of hydrogen-bond acceptors (Lipinski definition) is 3. The van der Waals surface area contributed by atoms with Crippen LogP contribution in [0.4, 0.5) is 0 Å². The monoisotopic (exact) mass is 293 g/mol. The zero-order valence-electron chi connectivity index (χ0n) is 13.1. The molecular formula is C17H27NO3. The van der Waals surface area contributed by atoms with Crippen LogP contribution in [0.2, 0.25) is 0 Å². The van der Waals surface area contributed by atoms with Crippen LogP contribution in [0.1, 0.15) is 51.4 Å². The van der Waals surface area contributed by atoms with E-state index in [-0.39, 0.29) is 17.8 Å². The first-order valence-electron chi connectivity index (χ1n) is 8.55. The molecule has 0 radical (unpaired) electrons. The lowest BCUT2D eigenvalue weighted by atomic mass is 9.67. The summed E-state index contributed by atoms with van der Waals surface area (Å²) in [6.07, 6.45) is 9.55. The summed E-state index contributed by atoms with van der Waals surface area (Å²) >= 11 is 0. The van der Waals surface area contributed by atoms with E-state index in [4.69, 9.17) is 4.74 Å². The molecule has 21 heavy (non-hydrogen) atoms. The maximum absolute atomic E-state index is 12.7. The molecule has 2 aliphatic carbocycles. The number of rotatable bonds is 2. The molecule has 4 nitrogen and oxygen atoms in total. The molecule has 2 saturated carbocycles. The van der Waals surface area contributed by atoms with Crippen LogP contribution in [0.3, 0.4) is 0 Å². The smallest absolute Gasteiger partial charge is 0.310 e. The normalized spacial score (nSPS) is 36.1. The molecule has 0 aromatic carbocycles. The first-order valence-corrected chi connectivity index (χ1v) is 8.55. The van der Waals surface area contributed by atoms with Crippen molar-refractivity contribution in [3.63, 3.8) is 0 Å². The summed E-state index contributed by atoms with van der Waals surface area (Å²) in [5.74, 6) is 1.89. The van der Waals surface area contributed by atoms with Crippen LogP contribution in [0.5, 0.6) is 0 Å². The molecule has 0 aromatic rings. The Labute approximate surface area is 127 Å². The van der Waals surface area contributed by atoms with Gasteiger partial charge in [-0.2, -0.15) is 0 Å². The van der Waals surface area contributed by atoms with Crippen molar-refractivity contribution in [2.45, 2.75) is 51.4 Å². The predicted molar refractivity (Wildman–Crippen MR) is 79.5 cm³/mol. The minimum absolute atomic E-state index is 0.107. The first kappa shape index (κ1) is 14.9. The van der Waals surface area contributed by atoms with E-state index in [0.29, 0.717) is 12.5 Å². The number of methoxy groups -OCH3 is 1. The number of hydrogen-bond donors (Lipinski definition) is 0. The lowest BCUT2D eigenvalue weighted by Crippen LogP contribution is -2.39. The van der Waals surface area contributed by atoms with E-state index >= 15 is 0 Å². The molecule has 1 saturated heterocycles. The molecular weight excluding hydrogens is 266 g/mol. The molecule has 0 N–H and O–H groups in total. The van der Waals surface area contributed by atoms with Crippen molar-refractivity contribution >= 4 is 11.9 Å². The van der Waals surface area contributed by atoms with E-state index in [9.17, 15) is 9.59 Å². The van der Waals surface area contributed by atoms with Gasteiger partial charge in [-0.3, -0.25) is 9.59 Å². The Hall–Kier alpha value is -1.06. The van der Waals surface area contributed by atoms with Crippen LogP contribution in [-0.4, -0.2) is 37.0 Å². The fourth-order valence-electron chi connectivity index (χ4n) is 4.68. The van der Waals surface area contributed by atoms with Gasteiger partial charge >= 0.3 is 5.97 Å². The zero-order chi connectivity index (χ0) is 14.8. The number of ether oxygens (including phenoxy) is 1. The van der Waals surface area contributed by atoms with Crippen LogP contribution < -0.4 is 0 Å². The molecule has 4 heteroatoms. The second-order valence-electron chi connectivity index (χ2n) is 7.11. The molecule has 1 heterocycles. The average Bonchev–Trinajstić information content (AvgIpc) is 3.03. The highest BCUT2D eigenvalue weighted by Crippen LogP contribution is 2.43. The second-order valence-corrected chi connectivity index (χ2v) is 7.11. The fourth-order valence-corrected chi connectivity index (χ4v) is 4.68. The number of carbonyl (C=O) groups is 2. The van der Waals surface area contributed by atoms with Crippen molar-refractivity contribution in [1.29, 1.82) is 0 Å². The third kappa shape index (κ3) is 3.09. The highest BCUT2D eigenvalue weighted by Gasteiger charge is 2.39. The van der Waals surface area contributed by atoms with Crippen molar-refractivity contribution in [2.24, 2.45) is 23.7 Å². The number of likely N-dealkylation sites (tertiary alicyclic amines) is 1. The summed E-state index contributed by atoms with van der Waals surface area (Å²) in [5, 5.41) is 0. The molecule has 0 spiro atoms. The van der Waals surface area contributed by atoms with E-state index in [0.717, 1.165) is 37.6 Å². The highest BCUT2D eigenvalue weighted by molar-refractivity contribution is 5.81. The number of amides is 1.